The molecule has 0 saturated carbocycles. The zero-order valence-corrected chi connectivity index (χ0v) is 18.1. The van der Waals surface area contributed by atoms with E-state index < -0.39 is 0 Å². The first-order valence-corrected chi connectivity index (χ1v) is 11.1. The van der Waals surface area contributed by atoms with Gasteiger partial charge in [0.05, 0.1) is 5.92 Å². The van der Waals surface area contributed by atoms with Crippen LogP contribution in [0.15, 0.2) is 48.5 Å². The summed E-state index contributed by atoms with van der Waals surface area (Å²) in [6.45, 7) is 6.50. The SMILES string of the molecule is Cc1ccc(CN2CC(C(=O)N3CCCN(Cc4ccccc4F)CC3)CC2=O)cc1. The third-order valence-corrected chi connectivity index (χ3v) is 6.31. The molecule has 164 valence electrons. The van der Waals surface area contributed by atoms with Crippen LogP contribution < -0.4 is 0 Å². The van der Waals surface area contributed by atoms with Crippen LogP contribution in [0, 0.1) is 18.7 Å². The van der Waals surface area contributed by atoms with Crippen LogP contribution in [0.5, 0.6) is 0 Å². The van der Waals surface area contributed by atoms with Gasteiger partial charge in [-0.25, -0.2) is 4.39 Å². The van der Waals surface area contributed by atoms with Crippen LogP contribution in [0.1, 0.15) is 29.5 Å². The van der Waals surface area contributed by atoms with Gasteiger partial charge >= 0.3 is 0 Å². The van der Waals surface area contributed by atoms with E-state index in [0.717, 1.165) is 18.5 Å². The highest BCUT2D eigenvalue weighted by molar-refractivity contribution is 5.89. The third-order valence-electron chi connectivity index (χ3n) is 6.31. The van der Waals surface area contributed by atoms with E-state index in [0.29, 0.717) is 51.3 Å². The average Bonchev–Trinajstić information content (AvgIpc) is 2.97. The lowest BCUT2D eigenvalue weighted by molar-refractivity contribution is -0.135. The molecule has 0 N–H and O–H groups in total. The number of aryl methyl sites for hydroxylation is 1. The molecule has 2 fully saturated rings. The summed E-state index contributed by atoms with van der Waals surface area (Å²) in [5.74, 6) is -0.323. The van der Waals surface area contributed by atoms with E-state index >= 15 is 0 Å². The van der Waals surface area contributed by atoms with E-state index in [4.69, 9.17) is 0 Å². The van der Waals surface area contributed by atoms with Gasteiger partial charge in [-0.2, -0.15) is 0 Å². The number of carbonyl (C=O) groups is 2. The predicted octanol–water partition coefficient (Wildman–Crippen LogP) is 3.22. The summed E-state index contributed by atoms with van der Waals surface area (Å²) in [6, 6.07) is 15.0. The maximum Gasteiger partial charge on any atom is 0.228 e. The number of hydrogen-bond acceptors (Lipinski definition) is 3. The Kier molecular flexibility index (Phi) is 6.66. The van der Waals surface area contributed by atoms with Crippen molar-refractivity contribution in [2.45, 2.75) is 32.9 Å². The molecule has 2 amide bonds. The van der Waals surface area contributed by atoms with E-state index in [-0.39, 0.29) is 23.5 Å². The summed E-state index contributed by atoms with van der Waals surface area (Å²) in [7, 11) is 0. The molecule has 5 nitrogen and oxygen atoms in total. The topological polar surface area (TPSA) is 43.9 Å². The van der Waals surface area contributed by atoms with E-state index in [1.165, 1.54) is 11.6 Å². The Balaban J connectivity index is 1.31. The predicted molar refractivity (Wildman–Crippen MR) is 118 cm³/mol. The molecule has 1 atom stereocenters. The van der Waals surface area contributed by atoms with Gasteiger partial charge in [-0.1, -0.05) is 48.0 Å². The molecular weight excluding hydrogens is 393 g/mol. The number of likely N-dealkylation sites (tertiary alicyclic amines) is 1. The zero-order chi connectivity index (χ0) is 21.8. The van der Waals surface area contributed by atoms with Crippen LogP contribution >= 0.6 is 0 Å². The number of carbonyl (C=O) groups excluding carboxylic acids is 2. The molecule has 0 spiro atoms. The van der Waals surface area contributed by atoms with E-state index in [1.807, 2.05) is 48.2 Å². The second-order valence-electron chi connectivity index (χ2n) is 8.71. The molecule has 2 heterocycles. The van der Waals surface area contributed by atoms with Crippen LogP contribution in [0.25, 0.3) is 0 Å². The average molecular weight is 424 g/mol. The summed E-state index contributed by atoms with van der Waals surface area (Å²) in [6.07, 6.45) is 1.15. The second kappa shape index (κ2) is 9.60. The van der Waals surface area contributed by atoms with Crippen molar-refractivity contribution in [3.8, 4) is 0 Å². The molecule has 0 aliphatic carbocycles. The van der Waals surface area contributed by atoms with Crippen molar-refractivity contribution in [1.82, 2.24) is 14.7 Å². The highest BCUT2D eigenvalue weighted by Gasteiger charge is 2.36. The van der Waals surface area contributed by atoms with Crippen molar-refractivity contribution in [2.75, 3.05) is 32.7 Å². The molecule has 6 heteroatoms. The molecule has 2 aliphatic heterocycles. The van der Waals surface area contributed by atoms with Crippen LogP contribution in [0.3, 0.4) is 0 Å². The minimum absolute atomic E-state index is 0.0509. The summed E-state index contributed by atoms with van der Waals surface area (Å²) < 4.78 is 14.0. The molecule has 2 saturated heterocycles. The molecule has 2 aromatic carbocycles. The molecule has 31 heavy (non-hydrogen) atoms. The van der Waals surface area contributed by atoms with Crippen molar-refractivity contribution >= 4 is 11.8 Å². The van der Waals surface area contributed by atoms with Gasteiger partial charge in [0.1, 0.15) is 5.82 Å². The fourth-order valence-electron chi connectivity index (χ4n) is 4.48. The summed E-state index contributed by atoms with van der Waals surface area (Å²) in [4.78, 5) is 31.5. The minimum atomic E-state index is -0.268. The fourth-order valence-corrected chi connectivity index (χ4v) is 4.48. The molecule has 1 unspecified atom stereocenters. The third kappa shape index (κ3) is 5.31. The Labute approximate surface area is 183 Å². The number of amides is 2. The minimum Gasteiger partial charge on any atom is -0.341 e. The quantitative estimate of drug-likeness (QED) is 0.742. The first-order chi connectivity index (χ1) is 15.0. The summed E-state index contributed by atoms with van der Waals surface area (Å²) >= 11 is 0. The van der Waals surface area contributed by atoms with E-state index in [9.17, 15) is 14.0 Å². The number of nitrogens with zero attached hydrogens (tertiary/aromatic N) is 3. The van der Waals surface area contributed by atoms with Gasteiger partial charge in [-0.05, 0) is 25.0 Å². The Morgan fingerprint density at radius 2 is 1.77 bits per heavy atom. The smallest absolute Gasteiger partial charge is 0.228 e. The monoisotopic (exact) mass is 423 g/mol. The van der Waals surface area contributed by atoms with Crippen LogP contribution in [-0.2, 0) is 22.7 Å². The lowest BCUT2D eigenvalue weighted by Crippen LogP contribution is -2.39. The van der Waals surface area contributed by atoms with Gasteiger partial charge in [0.15, 0.2) is 0 Å². The van der Waals surface area contributed by atoms with Gasteiger partial charge < -0.3 is 9.80 Å². The molecule has 4 rings (SSSR count). The lowest BCUT2D eigenvalue weighted by atomic mass is 10.1. The molecule has 0 aromatic heterocycles. The van der Waals surface area contributed by atoms with Gasteiger partial charge in [-0.3, -0.25) is 14.5 Å². The van der Waals surface area contributed by atoms with Crippen molar-refractivity contribution in [1.29, 1.82) is 0 Å². The largest absolute Gasteiger partial charge is 0.341 e. The van der Waals surface area contributed by atoms with Gasteiger partial charge in [0.25, 0.3) is 0 Å². The van der Waals surface area contributed by atoms with E-state index in [1.54, 1.807) is 11.0 Å². The van der Waals surface area contributed by atoms with Crippen molar-refractivity contribution < 1.29 is 14.0 Å². The Bertz CT molecular complexity index is 931. The van der Waals surface area contributed by atoms with E-state index in [2.05, 4.69) is 4.90 Å². The summed E-state index contributed by atoms with van der Waals surface area (Å²) in [5, 5.41) is 0. The van der Waals surface area contributed by atoms with Crippen molar-refractivity contribution in [2.24, 2.45) is 5.92 Å². The summed E-state index contributed by atoms with van der Waals surface area (Å²) in [5.41, 5.74) is 2.97. The molecular formula is C25H30FN3O2. The number of halogens is 1. The highest BCUT2D eigenvalue weighted by Crippen LogP contribution is 2.23. The number of benzene rings is 2. The Hall–Kier alpha value is -2.73. The molecule has 0 radical (unpaired) electrons. The van der Waals surface area contributed by atoms with Crippen LogP contribution in [0.4, 0.5) is 4.39 Å². The Morgan fingerprint density at radius 1 is 1.00 bits per heavy atom. The first-order valence-electron chi connectivity index (χ1n) is 11.1. The first kappa shape index (κ1) is 21.5. The molecule has 2 aromatic rings. The molecule has 2 aliphatic rings. The highest BCUT2D eigenvalue weighted by atomic mass is 19.1. The van der Waals surface area contributed by atoms with Crippen molar-refractivity contribution in [3.63, 3.8) is 0 Å². The van der Waals surface area contributed by atoms with Gasteiger partial charge in [-0.15, -0.1) is 0 Å². The maximum absolute atomic E-state index is 14.0. The zero-order valence-electron chi connectivity index (χ0n) is 18.1. The standard InChI is InChI=1S/C25H30FN3O2/c1-19-7-9-20(10-8-19)16-29-18-22(15-24(29)30)25(31)28-12-4-11-27(13-14-28)17-21-5-2-3-6-23(21)26/h2-3,5-10,22H,4,11-18H2,1H3. The Morgan fingerprint density at radius 3 is 2.55 bits per heavy atom. The number of hydrogen-bond donors (Lipinski definition) is 0. The van der Waals surface area contributed by atoms with Crippen LogP contribution in [0.2, 0.25) is 0 Å². The van der Waals surface area contributed by atoms with Gasteiger partial charge in [0.2, 0.25) is 11.8 Å². The second-order valence-corrected chi connectivity index (χ2v) is 8.71. The maximum atomic E-state index is 14.0. The number of rotatable bonds is 5. The van der Waals surface area contributed by atoms with Crippen LogP contribution in [-0.4, -0.2) is 59.2 Å². The normalized spacial score (nSPS) is 20.2. The fraction of sp³-hybridized carbons (Fsp3) is 0.440. The van der Waals surface area contributed by atoms with Gasteiger partial charge in [0, 0.05) is 57.8 Å². The molecule has 0 bridgehead atoms. The van der Waals surface area contributed by atoms with Crippen molar-refractivity contribution in [3.05, 3.63) is 71.0 Å². The lowest BCUT2D eigenvalue weighted by Gasteiger charge is -2.25.